The van der Waals surface area contributed by atoms with Gasteiger partial charge in [0.05, 0.1) is 34.3 Å². The minimum absolute atomic E-state index is 0.00824. The Labute approximate surface area is 384 Å². The summed E-state index contributed by atoms with van der Waals surface area (Å²) in [6.45, 7) is 11.7. The Balaban J connectivity index is 1.09. The lowest BCUT2D eigenvalue weighted by Gasteiger charge is -2.35. The molecule has 350 valence electrons. The third kappa shape index (κ3) is 8.52. The van der Waals surface area contributed by atoms with E-state index in [2.05, 4.69) is 59.6 Å². The van der Waals surface area contributed by atoms with E-state index in [0.717, 1.165) is 44.5 Å². The van der Waals surface area contributed by atoms with Crippen LogP contribution in [0.5, 0.6) is 5.75 Å². The van der Waals surface area contributed by atoms with Gasteiger partial charge in [-0.3, -0.25) is 29.2 Å². The number of benzene rings is 2. The van der Waals surface area contributed by atoms with Gasteiger partial charge in [0.25, 0.3) is 5.91 Å². The molecule has 2 aromatic heterocycles. The standard InChI is InChI=1S/C49H61N9O8/c1-27(2)42(54(6)46(61)31-14-17-55(25-31)47(62)38-24-51-38)45(60)52-37-20-29-18-32(21-33(59)19-29)30-12-13-39-35(22-30)36(43-34-10-8-15-50-41(34)44(65-7)28(3)57(39)43)23-49(4,5)26-66-58(64)40-11-9-16-56(53-40)48(37)63/h8,10,12-13,15,18-19,21-22,27-28,31,37-38,40,42,44,51,53H,9,11,14,16-17,20,23-26H2,1-7H3,(H-,52,59,60)/p+1/t28?,31-,37-,38+,40+,42-,44-/m0/s1. The van der Waals surface area contributed by atoms with Crippen LogP contribution in [0.2, 0.25) is 0 Å². The summed E-state index contributed by atoms with van der Waals surface area (Å²) in [7, 11) is 3.31. The third-order valence-electron chi connectivity index (χ3n) is 14.1. The second kappa shape index (κ2) is 17.7. The summed E-state index contributed by atoms with van der Waals surface area (Å²) in [5.41, 5.74) is 9.63. The maximum absolute atomic E-state index is 14.7. The van der Waals surface area contributed by atoms with Crippen LogP contribution in [-0.2, 0) is 41.6 Å². The third-order valence-corrected chi connectivity index (χ3v) is 14.1. The van der Waals surface area contributed by atoms with Crippen LogP contribution in [0, 0.1) is 22.2 Å². The number of methoxy groups -OCH3 is 1. The number of likely N-dealkylation sites (tertiary alicyclic amines) is 1. The Morgan fingerprint density at radius 2 is 1.88 bits per heavy atom. The molecule has 4 aromatic rings. The molecule has 0 saturated carbocycles. The summed E-state index contributed by atoms with van der Waals surface area (Å²) in [6.07, 6.45) is 2.54. The van der Waals surface area contributed by atoms with Gasteiger partial charge in [0.15, 0.2) is 6.61 Å². The van der Waals surface area contributed by atoms with Crippen molar-refractivity contribution >= 4 is 34.5 Å². The lowest BCUT2D eigenvalue weighted by molar-refractivity contribution is -0.835. The number of aromatic hydroxyl groups is 1. The van der Waals surface area contributed by atoms with Crippen LogP contribution >= 0.6 is 0 Å². The van der Waals surface area contributed by atoms with Crippen molar-refractivity contribution in [1.82, 2.24) is 40.4 Å². The molecule has 2 aromatic carbocycles. The fourth-order valence-electron chi connectivity index (χ4n) is 10.7. The molecular weight excluding hydrogens is 843 g/mol. The van der Waals surface area contributed by atoms with Gasteiger partial charge in [0.1, 0.15) is 23.9 Å². The van der Waals surface area contributed by atoms with Gasteiger partial charge in [-0.1, -0.05) is 39.8 Å². The number of fused-ring (bicyclic) bond motifs is 11. The number of phenols is 1. The molecule has 1 unspecified atom stereocenters. The van der Waals surface area contributed by atoms with Crippen molar-refractivity contribution < 1.29 is 38.8 Å². The number of aromatic nitrogens is 2. The molecule has 0 aliphatic carbocycles. The van der Waals surface area contributed by atoms with Crippen molar-refractivity contribution in [2.75, 3.05) is 46.9 Å². The first kappa shape index (κ1) is 45.3. The molecule has 6 bridgehead atoms. The number of nitrogens with zero attached hydrogens (tertiary/aromatic N) is 6. The average molecular weight is 905 g/mol. The van der Waals surface area contributed by atoms with Gasteiger partial charge in [-0.05, 0) is 90.8 Å². The maximum atomic E-state index is 14.7. The molecule has 7 atom stereocenters. The molecule has 9 rings (SSSR count). The highest BCUT2D eigenvalue weighted by atomic mass is 16.8. The molecule has 3 fully saturated rings. The molecule has 5 aliphatic heterocycles. The highest BCUT2D eigenvalue weighted by Crippen LogP contribution is 2.49. The first-order valence-electron chi connectivity index (χ1n) is 23.3. The predicted molar refractivity (Wildman–Crippen MR) is 245 cm³/mol. The second-order valence-electron chi connectivity index (χ2n) is 20.0. The number of nitrogens with one attached hydrogen (secondary N) is 3. The van der Waals surface area contributed by atoms with Crippen molar-refractivity contribution in [2.45, 2.75) is 103 Å². The Morgan fingerprint density at radius 3 is 2.62 bits per heavy atom. The van der Waals surface area contributed by atoms with E-state index in [1.807, 2.05) is 32.0 Å². The van der Waals surface area contributed by atoms with Crippen LogP contribution in [-0.4, -0.2) is 129 Å². The summed E-state index contributed by atoms with van der Waals surface area (Å²) < 4.78 is 8.40. The highest BCUT2D eigenvalue weighted by Gasteiger charge is 2.44. The fourth-order valence-corrected chi connectivity index (χ4v) is 10.7. The number of ether oxygens (including phenoxy) is 1. The highest BCUT2D eigenvalue weighted by molar-refractivity contribution is 5.97. The molecule has 5 aliphatic rings. The summed E-state index contributed by atoms with van der Waals surface area (Å²) in [5.74, 6) is -2.05. The smallest absolute Gasteiger partial charge is 0.326 e. The quantitative estimate of drug-likeness (QED) is 0.192. The van der Waals surface area contributed by atoms with Crippen molar-refractivity contribution in [3.63, 3.8) is 0 Å². The number of rotatable bonds is 7. The lowest BCUT2D eigenvalue weighted by atomic mass is 9.83. The molecule has 3 saturated heterocycles. The van der Waals surface area contributed by atoms with Gasteiger partial charge in [-0.15, -0.1) is 0 Å². The topological polar surface area (TPSA) is 201 Å². The van der Waals surface area contributed by atoms with Crippen molar-refractivity contribution in [3.05, 3.63) is 76.5 Å². The Kier molecular flexibility index (Phi) is 12.1. The Hall–Kier alpha value is -5.91. The van der Waals surface area contributed by atoms with Crippen molar-refractivity contribution in [3.8, 4) is 28.1 Å². The minimum atomic E-state index is -1.16. The Morgan fingerprint density at radius 1 is 1.09 bits per heavy atom. The van der Waals surface area contributed by atoms with Crippen LogP contribution < -0.4 is 16.1 Å². The first-order chi connectivity index (χ1) is 31.5. The van der Waals surface area contributed by atoms with Crippen molar-refractivity contribution in [2.24, 2.45) is 17.3 Å². The lowest BCUT2D eigenvalue weighted by Crippen LogP contribution is -2.62. The molecule has 7 heterocycles. The van der Waals surface area contributed by atoms with E-state index >= 15 is 0 Å². The number of hydrogen-bond donors (Lipinski definition) is 4. The van der Waals surface area contributed by atoms with E-state index in [9.17, 15) is 29.2 Å². The number of amides is 4. The summed E-state index contributed by atoms with van der Waals surface area (Å²) in [5, 5.41) is 19.7. The molecule has 4 amide bonds. The zero-order valence-corrected chi connectivity index (χ0v) is 38.9. The summed E-state index contributed by atoms with van der Waals surface area (Å²) in [6, 6.07) is 13.1. The minimum Gasteiger partial charge on any atom is -0.508 e. The fraction of sp³-hybridized carbons (Fsp3) is 0.531. The van der Waals surface area contributed by atoms with Gasteiger partial charge in [0, 0.05) is 81.3 Å². The molecule has 66 heavy (non-hydrogen) atoms. The number of hydrogen-bond acceptors (Lipinski definition) is 11. The van der Waals surface area contributed by atoms with Crippen LogP contribution in [0.4, 0.5) is 0 Å². The number of phenolic OH excluding ortho intramolecular Hbond substituents is 1. The second-order valence-corrected chi connectivity index (χ2v) is 20.0. The molecule has 4 N–H and O–H groups in total. The zero-order chi connectivity index (χ0) is 46.8. The SMILES string of the molecule is CO[C@@H]1c2ncccc2-c2c3c4cc(ccc4n2C1C)-c1cc(O)cc(c1)C[C@H](NC(=O)[C@H](C(C)C)N(C)C(=O)[C@H]1CCN(C(=O)[C@H]2CN2)C1)C(=O)N1CCC[C@H](N1)[N+](=O)OCC(C)(C)C3. The van der Waals surface area contributed by atoms with E-state index in [-0.39, 0.29) is 67.8 Å². The van der Waals surface area contributed by atoms with E-state index in [0.29, 0.717) is 49.3 Å². The van der Waals surface area contributed by atoms with Gasteiger partial charge in [-0.2, -0.15) is 5.43 Å². The van der Waals surface area contributed by atoms with Crippen LogP contribution in [0.3, 0.4) is 0 Å². The van der Waals surface area contributed by atoms with Crippen LogP contribution in [0.15, 0.2) is 54.7 Å². The number of hydrazine groups is 1. The van der Waals surface area contributed by atoms with Gasteiger partial charge in [-0.25, -0.2) is 4.84 Å². The van der Waals surface area contributed by atoms with E-state index < -0.39 is 41.4 Å². The van der Waals surface area contributed by atoms with Gasteiger partial charge < -0.3 is 34.8 Å². The van der Waals surface area contributed by atoms with E-state index in [1.165, 1.54) is 9.91 Å². The van der Waals surface area contributed by atoms with Gasteiger partial charge in [0.2, 0.25) is 22.6 Å². The maximum Gasteiger partial charge on any atom is 0.326 e. The molecular formula is C49H62N9O8+. The average Bonchev–Trinajstić information content (AvgIpc) is 3.94. The predicted octanol–water partition coefficient (Wildman–Crippen LogP) is 4.41. The molecule has 17 nitrogen and oxygen atoms in total. The molecule has 0 radical (unpaired) electrons. The monoisotopic (exact) mass is 904 g/mol. The number of carbonyl (C=O) groups is 4. The number of carbonyl (C=O) groups excluding carboxylic acids is 4. The van der Waals surface area contributed by atoms with E-state index in [1.54, 1.807) is 37.4 Å². The molecule has 17 heteroatoms. The Bertz CT molecular complexity index is 2590. The largest absolute Gasteiger partial charge is 0.508 e. The van der Waals surface area contributed by atoms with Crippen LogP contribution in [0.1, 0.15) is 82.8 Å². The molecule has 0 spiro atoms. The number of pyridine rings is 1. The van der Waals surface area contributed by atoms with Crippen LogP contribution in [0.25, 0.3) is 33.3 Å². The normalized spacial score (nSPS) is 25.4. The zero-order valence-electron chi connectivity index (χ0n) is 38.9. The van der Waals surface area contributed by atoms with Crippen molar-refractivity contribution in [1.29, 1.82) is 0 Å². The summed E-state index contributed by atoms with van der Waals surface area (Å²) in [4.78, 5) is 84.4. The summed E-state index contributed by atoms with van der Waals surface area (Å²) >= 11 is 0. The number of likely N-dealkylation sites (N-methyl/N-ethyl adjacent to an activating group) is 1. The first-order valence-corrected chi connectivity index (χ1v) is 23.3. The van der Waals surface area contributed by atoms with Gasteiger partial charge >= 0.3 is 6.17 Å². The van der Waals surface area contributed by atoms with E-state index in [4.69, 9.17) is 14.6 Å².